The Balaban J connectivity index is 0.000000216. The van der Waals surface area contributed by atoms with E-state index in [1.807, 2.05) is 85.1 Å². The first-order valence-corrected chi connectivity index (χ1v) is 30.8. The van der Waals surface area contributed by atoms with Gasteiger partial charge in [-0.3, -0.25) is 4.98 Å². The van der Waals surface area contributed by atoms with Crippen molar-refractivity contribution in [2.24, 2.45) is 0 Å². The van der Waals surface area contributed by atoms with Crippen molar-refractivity contribution in [1.82, 2.24) is 19.5 Å². The summed E-state index contributed by atoms with van der Waals surface area (Å²) in [7, 11) is 0. The van der Waals surface area contributed by atoms with E-state index in [2.05, 4.69) is 160 Å². The number of benzene rings is 6. The molecule has 10 aromatic rings. The number of furan rings is 1. The molecule has 0 aliphatic rings. The molecule has 0 N–H and O–H groups in total. The summed E-state index contributed by atoms with van der Waals surface area (Å²) in [4.78, 5) is 15.3. The van der Waals surface area contributed by atoms with Gasteiger partial charge in [-0.2, -0.15) is 0 Å². The molecule has 0 aliphatic carbocycles. The molecule has 0 atom stereocenters. The third-order valence-corrected chi connectivity index (χ3v) is 16.6. The minimum absolute atomic E-state index is 0. The van der Waals surface area contributed by atoms with Crippen molar-refractivity contribution in [2.75, 3.05) is 0 Å². The van der Waals surface area contributed by atoms with Crippen molar-refractivity contribution in [3.63, 3.8) is 0 Å². The van der Waals surface area contributed by atoms with E-state index in [4.69, 9.17) is 17.1 Å². The standard InChI is InChI=1S/C40H38N3O.C21H22GeN.Ir/c1-24(2)31-22-27(26-14-9-8-10-15-26)23-32(25(3)4)36(31)43-38(41-33-20-21-35(40(5,6)7)42-39(33)43)30-18-13-17-29-28-16-11-12-19-34(28)44-37(29)30;1-22(2,3)20-16-23-21(18-12-8-5-9-13-18)15-19(20)14-17-10-6-4-7-11-17;/h8-17,19-25H,1-7H3;4-12,15-16H,14H2,1-3H3;/q2*-1;/i;14D2;. The largest absolute Gasteiger partial charge is 0 e. The maximum absolute atomic E-state index is 8.85. The molecule has 0 saturated heterocycles. The van der Waals surface area contributed by atoms with Gasteiger partial charge < -0.3 is 8.98 Å². The van der Waals surface area contributed by atoms with Crippen molar-refractivity contribution in [2.45, 2.75) is 89.4 Å². The monoisotopic (exact) mass is 1130 g/mol. The third kappa shape index (κ3) is 9.96. The Morgan fingerprint density at radius 2 is 1.35 bits per heavy atom. The number of hydrogen-bond donors (Lipinski definition) is 0. The zero-order chi connectivity index (χ0) is 48.8. The Hall–Kier alpha value is -5.92. The van der Waals surface area contributed by atoms with E-state index in [1.54, 1.807) is 0 Å². The number of fused-ring (bicyclic) bond motifs is 4. The van der Waals surface area contributed by atoms with E-state index in [1.165, 1.54) is 22.3 Å². The zero-order valence-corrected chi connectivity index (χ0v) is 45.2. The van der Waals surface area contributed by atoms with Crippen LogP contribution in [0.25, 0.3) is 72.6 Å². The van der Waals surface area contributed by atoms with Crippen molar-refractivity contribution in [3.05, 3.63) is 198 Å². The van der Waals surface area contributed by atoms with E-state index in [-0.39, 0.29) is 37.4 Å². The first-order valence-electron chi connectivity index (χ1n) is 24.4. The molecular weight excluding hydrogens is 1070 g/mol. The summed E-state index contributed by atoms with van der Waals surface area (Å²) in [6.45, 7) is 15.7. The fraction of sp³-hybridized carbons (Fsp3) is 0.230. The maximum Gasteiger partial charge on any atom is 0 e. The number of imidazole rings is 1. The van der Waals surface area contributed by atoms with Gasteiger partial charge in [-0.1, -0.05) is 108 Å². The summed E-state index contributed by atoms with van der Waals surface area (Å²) in [6.07, 6.45) is 0.341. The van der Waals surface area contributed by atoms with E-state index in [9.17, 15) is 0 Å². The minimum atomic E-state index is -2.30. The van der Waals surface area contributed by atoms with Crippen LogP contribution in [-0.2, 0) is 31.9 Å². The SMILES string of the molecule is CC(C)c1cc(-c2ccccc2)cc(C(C)C)c1-n1c(-c2[c-]ccc3c2oc2ccccc23)nc2ccc(C(C)(C)C)nc21.[2H]C([2H])(c1ccccc1)c1cc(-c2[c-]cccc2)nc[c]1[Ge]([CH3])([CH3])[CH3].[Ir]. The van der Waals surface area contributed by atoms with Crippen LogP contribution in [0.3, 0.4) is 0 Å². The molecule has 1 radical (unpaired) electrons. The first kappa shape index (κ1) is 45.8. The Morgan fingerprint density at radius 1 is 0.691 bits per heavy atom. The third-order valence-electron chi connectivity index (χ3n) is 12.3. The second kappa shape index (κ2) is 20.0. The number of rotatable bonds is 9. The predicted octanol–water partition coefficient (Wildman–Crippen LogP) is 15.7. The molecule has 0 fully saturated rings. The summed E-state index contributed by atoms with van der Waals surface area (Å²) in [5.41, 5.74) is 14.3. The van der Waals surface area contributed by atoms with Crippen LogP contribution in [0.15, 0.2) is 162 Å². The van der Waals surface area contributed by atoms with Gasteiger partial charge in [0.05, 0.1) is 16.9 Å². The second-order valence-corrected chi connectivity index (χ2v) is 30.6. The molecule has 4 heterocycles. The van der Waals surface area contributed by atoms with E-state index < -0.39 is 19.6 Å². The summed E-state index contributed by atoms with van der Waals surface area (Å²) < 4.78 is 27.6. The fourth-order valence-corrected chi connectivity index (χ4v) is 11.7. The quantitative estimate of drug-likeness (QED) is 0.107. The molecular formula is C61H60GeIrN4O-2. The minimum Gasteiger partial charge on any atom is 0 e. The van der Waals surface area contributed by atoms with Gasteiger partial charge in [0.25, 0.3) is 0 Å². The van der Waals surface area contributed by atoms with Crippen LogP contribution in [0.1, 0.15) is 91.0 Å². The molecule has 0 unspecified atom stereocenters. The second-order valence-electron chi connectivity index (χ2n) is 20.1. The molecule has 0 saturated carbocycles. The van der Waals surface area contributed by atoms with E-state index >= 15 is 0 Å². The zero-order valence-electron chi connectivity index (χ0n) is 42.7. The van der Waals surface area contributed by atoms with Gasteiger partial charge in [-0.05, 0) is 64.4 Å². The van der Waals surface area contributed by atoms with Crippen molar-refractivity contribution >= 4 is 50.8 Å². The number of nitrogens with zero attached hydrogens (tertiary/aromatic N) is 4. The van der Waals surface area contributed by atoms with Crippen LogP contribution >= 0.6 is 0 Å². The van der Waals surface area contributed by atoms with Crippen LogP contribution in [0.2, 0.25) is 17.3 Å². The van der Waals surface area contributed by atoms with Gasteiger partial charge in [0.15, 0.2) is 5.65 Å². The van der Waals surface area contributed by atoms with Gasteiger partial charge in [0, 0.05) is 42.3 Å². The smallest absolute Gasteiger partial charge is 0 e. The number of para-hydroxylation sites is 1. The molecule has 5 nitrogen and oxygen atoms in total. The number of hydrogen-bond acceptors (Lipinski definition) is 4. The molecule has 10 rings (SSSR count). The molecule has 68 heavy (non-hydrogen) atoms. The topological polar surface area (TPSA) is 56.7 Å². The number of pyridine rings is 2. The van der Waals surface area contributed by atoms with Gasteiger partial charge in [0.1, 0.15) is 5.58 Å². The molecule has 0 aliphatic heterocycles. The summed E-state index contributed by atoms with van der Waals surface area (Å²) in [5.74, 6) is 8.13. The van der Waals surface area contributed by atoms with Crippen LogP contribution in [-0.4, -0.2) is 32.8 Å². The van der Waals surface area contributed by atoms with Crippen LogP contribution in [0.4, 0.5) is 0 Å². The van der Waals surface area contributed by atoms with Crippen LogP contribution in [0, 0.1) is 12.1 Å². The predicted molar refractivity (Wildman–Crippen MR) is 283 cm³/mol. The van der Waals surface area contributed by atoms with E-state index in [0.717, 1.165) is 77.1 Å². The average molecular weight is 1130 g/mol. The van der Waals surface area contributed by atoms with E-state index in [0.29, 0.717) is 5.56 Å². The molecule has 0 amide bonds. The van der Waals surface area contributed by atoms with Gasteiger partial charge in [-0.25, -0.2) is 4.98 Å². The Labute approximate surface area is 421 Å². The summed E-state index contributed by atoms with van der Waals surface area (Å²) in [5, 5.41) is 2.15. The Kier molecular flexibility index (Phi) is 13.5. The molecule has 345 valence electrons. The molecule has 6 aromatic carbocycles. The van der Waals surface area contributed by atoms with Gasteiger partial charge >= 0.3 is 144 Å². The summed E-state index contributed by atoms with van der Waals surface area (Å²) in [6, 6.07) is 57.6. The molecule has 4 aromatic heterocycles. The maximum atomic E-state index is 8.85. The van der Waals surface area contributed by atoms with Crippen LogP contribution in [0.5, 0.6) is 0 Å². The summed E-state index contributed by atoms with van der Waals surface area (Å²) >= 11 is -2.30. The van der Waals surface area contributed by atoms with Crippen LogP contribution < -0.4 is 4.40 Å². The molecule has 0 bridgehead atoms. The Bertz CT molecular complexity index is 3410. The van der Waals surface area contributed by atoms with Crippen molar-refractivity contribution < 1.29 is 27.3 Å². The average Bonchev–Trinajstić information content (AvgIpc) is 3.92. The first-order chi connectivity index (χ1) is 32.9. The fourth-order valence-electron chi connectivity index (χ4n) is 8.76. The van der Waals surface area contributed by atoms with Crippen molar-refractivity contribution in [1.29, 1.82) is 0 Å². The van der Waals surface area contributed by atoms with Gasteiger partial charge in [0.2, 0.25) is 0 Å². The number of aromatic nitrogens is 4. The molecule has 7 heteroatoms. The van der Waals surface area contributed by atoms with Gasteiger partial charge in [-0.15, -0.1) is 18.2 Å². The Morgan fingerprint density at radius 3 is 2.00 bits per heavy atom. The molecule has 0 spiro atoms. The van der Waals surface area contributed by atoms with Crippen molar-refractivity contribution in [3.8, 4) is 39.5 Å². The normalized spacial score (nSPS) is 12.5.